The SMILES string of the molecule is CCc1ccc(C(C)C2CCC(C3CCC(CC)CC3)CC2)nc1. The third-order valence-corrected chi connectivity index (χ3v) is 7.38. The topological polar surface area (TPSA) is 12.9 Å². The van der Waals surface area contributed by atoms with E-state index >= 15 is 0 Å². The summed E-state index contributed by atoms with van der Waals surface area (Å²) < 4.78 is 0. The maximum absolute atomic E-state index is 4.75. The highest BCUT2D eigenvalue weighted by Gasteiger charge is 2.32. The van der Waals surface area contributed by atoms with E-state index in [4.69, 9.17) is 4.98 Å². The Kier molecular flexibility index (Phi) is 6.36. The van der Waals surface area contributed by atoms with Crippen LogP contribution in [0.5, 0.6) is 0 Å². The van der Waals surface area contributed by atoms with Gasteiger partial charge in [-0.2, -0.15) is 0 Å². The summed E-state index contributed by atoms with van der Waals surface area (Å²) in [4.78, 5) is 4.75. The van der Waals surface area contributed by atoms with Crippen LogP contribution >= 0.6 is 0 Å². The smallest absolute Gasteiger partial charge is 0.0434 e. The number of aromatic nitrogens is 1. The van der Waals surface area contributed by atoms with Crippen molar-refractivity contribution in [3.8, 4) is 0 Å². The summed E-state index contributed by atoms with van der Waals surface area (Å²) in [6.07, 6.45) is 16.4. The molecular weight excluding hydrogens is 290 g/mol. The molecule has 0 aliphatic heterocycles. The molecule has 1 atom stereocenters. The van der Waals surface area contributed by atoms with Gasteiger partial charge in [0.15, 0.2) is 0 Å². The minimum atomic E-state index is 0.632. The molecular formula is C23H37N. The van der Waals surface area contributed by atoms with Crippen molar-refractivity contribution < 1.29 is 0 Å². The van der Waals surface area contributed by atoms with E-state index in [-0.39, 0.29) is 0 Å². The molecule has 0 radical (unpaired) electrons. The number of rotatable bonds is 5. The predicted octanol–water partition coefficient (Wildman–Crippen LogP) is 6.77. The molecule has 1 heteroatoms. The highest BCUT2D eigenvalue weighted by molar-refractivity contribution is 5.17. The highest BCUT2D eigenvalue weighted by Crippen LogP contribution is 2.44. The maximum atomic E-state index is 4.75. The van der Waals surface area contributed by atoms with Crippen molar-refractivity contribution in [1.82, 2.24) is 4.98 Å². The number of nitrogens with zero attached hydrogens (tertiary/aromatic N) is 1. The zero-order valence-corrected chi connectivity index (χ0v) is 16.1. The molecule has 2 fully saturated rings. The predicted molar refractivity (Wildman–Crippen MR) is 103 cm³/mol. The molecule has 1 nitrogen and oxygen atoms in total. The van der Waals surface area contributed by atoms with Crippen LogP contribution in [0, 0.1) is 23.7 Å². The Morgan fingerprint density at radius 1 is 0.917 bits per heavy atom. The van der Waals surface area contributed by atoms with Gasteiger partial charge in [0.1, 0.15) is 0 Å². The summed E-state index contributed by atoms with van der Waals surface area (Å²) in [5.74, 6) is 4.60. The Balaban J connectivity index is 1.49. The molecule has 1 aromatic rings. The molecule has 2 saturated carbocycles. The second-order valence-electron chi connectivity index (χ2n) is 8.60. The van der Waals surface area contributed by atoms with Crippen molar-refractivity contribution in [2.45, 2.75) is 90.9 Å². The van der Waals surface area contributed by atoms with Gasteiger partial charge in [0.05, 0.1) is 0 Å². The number of pyridine rings is 1. The van der Waals surface area contributed by atoms with Gasteiger partial charge in [0, 0.05) is 17.8 Å². The lowest BCUT2D eigenvalue weighted by Gasteiger charge is -2.39. The minimum Gasteiger partial charge on any atom is -0.261 e. The van der Waals surface area contributed by atoms with Crippen molar-refractivity contribution in [2.24, 2.45) is 23.7 Å². The van der Waals surface area contributed by atoms with Crippen LogP contribution in [0.1, 0.15) is 95.7 Å². The Hall–Kier alpha value is -0.850. The van der Waals surface area contributed by atoms with Crippen LogP contribution in [0.15, 0.2) is 18.3 Å². The number of hydrogen-bond donors (Lipinski definition) is 0. The second-order valence-corrected chi connectivity index (χ2v) is 8.60. The molecule has 0 amide bonds. The van der Waals surface area contributed by atoms with Crippen LogP contribution in [0.3, 0.4) is 0 Å². The van der Waals surface area contributed by atoms with E-state index in [0.29, 0.717) is 5.92 Å². The first-order valence-corrected chi connectivity index (χ1v) is 10.7. The molecule has 1 unspecified atom stereocenters. The van der Waals surface area contributed by atoms with E-state index in [1.807, 2.05) is 0 Å². The molecule has 3 rings (SSSR count). The number of aryl methyl sites for hydroxylation is 1. The molecule has 0 N–H and O–H groups in total. The third kappa shape index (κ3) is 4.21. The summed E-state index contributed by atoms with van der Waals surface area (Å²) in [6, 6.07) is 4.55. The van der Waals surface area contributed by atoms with Gasteiger partial charge in [-0.15, -0.1) is 0 Å². The van der Waals surface area contributed by atoms with Gasteiger partial charge in [0.2, 0.25) is 0 Å². The fraction of sp³-hybridized carbons (Fsp3) is 0.783. The van der Waals surface area contributed by atoms with Crippen molar-refractivity contribution in [1.29, 1.82) is 0 Å². The first kappa shape index (κ1) is 18.0. The fourth-order valence-electron chi connectivity index (χ4n) is 5.34. The lowest BCUT2D eigenvalue weighted by atomic mass is 9.67. The van der Waals surface area contributed by atoms with Gasteiger partial charge < -0.3 is 0 Å². The standard InChI is InChI=1S/C23H37N/c1-4-18-6-9-21(10-7-18)22-13-11-20(12-14-22)17(3)23-15-8-19(5-2)16-24-23/h8,15-18,20-22H,4-7,9-14H2,1-3H3. The monoisotopic (exact) mass is 327 g/mol. The first-order chi connectivity index (χ1) is 11.7. The van der Waals surface area contributed by atoms with Gasteiger partial charge in [-0.05, 0) is 80.2 Å². The van der Waals surface area contributed by atoms with Crippen molar-refractivity contribution in [3.05, 3.63) is 29.6 Å². The second kappa shape index (κ2) is 8.50. The minimum absolute atomic E-state index is 0.632. The van der Waals surface area contributed by atoms with Gasteiger partial charge in [-0.25, -0.2) is 0 Å². The van der Waals surface area contributed by atoms with Gasteiger partial charge in [0.25, 0.3) is 0 Å². The van der Waals surface area contributed by atoms with E-state index in [1.165, 1.54) is 69.0 Å². The molecule has 1 aromatic heterocycles. The largest absolute Gasteiger partial charge is 0.261 e. The van der Waals surface area contributed by atoms with E-state index in [9.17, 15) is 0 Å². The zero-order valence-electron chi connectivity index (χ0n) is 16.1. The first-order valence-electron chi connectivity index (χ1n) is 10.7. The van der Waals surface area contributed by atoms with Crippen LogP contribution in [-0.2, 0) is 6.42 Å². The van der Waals surface area contributed by atoms with Crippen LogP contribution < -0.4 is 0 Å². The molecule has 134 valence electrons. The van der Waals surface area contributed by atoms with Crippen LogP contribution in [-0.4, -0.2) is 4.98 Å². The quantitative estimate of drug-likeness (QED) is 0.581. The summed E-state index contributed by atoms with van der Waals surface area (Å²) in [7, 11) is 0. The molecule has 1 heterocycles. The summed E-state index contributed by atoms with van der Waals surface area (Å²) in [5.41, 5.74) is 2.68. The Morgan fingerprint density at radius 3 is 2.04 bits per heavy atom. The summed E-state index contributed by atoms with van der Waals surface area (Å²) in [5, 5.41) is 0. The zero-order chi connectivity index (χ0) is 16.9. The van der Waals surface area contributed by atoms with Crippen molar-refractivity contribution in [2.75, 3.05) is 0 Å². The number of hydrogen-bond acceptors (Lipinski definition) is 1. The average molecular weight is 328 g/mol. The van der Waals surface area contributed by atoms with Crippen LogP contribution in [0.25, 0.3) is 0 Å². The van der Waals surface area contributed by atoms with E-state index < -0.39 is 0 Å². The third-order valence-electron chi connectivity index (χ3n) is 7.38. The van der Waals surface area contributed by atoms with Gasteiger partial charge >= 0.3 is 0 Å². The summed E-state index contributed by atoms with van der Waals surface area (Å²) >= 11 is 0. The molecule has 0 aromatic carbocycles. The Bertz CT molecular complexity index is 475. The Labute approximate surface area is 149 Å². The van der Waals surface area contributed by atoms with E-state index in [1.54, 1.807) is 0 Å². The van der Waals surface area contributed by atoms with Gasteiger partial charge in [-0.3, -0.25) is 4.98 Å². The molecule has 2 aliphatic rings. The highest BCUT2D eigenvalue weighted by atomic mass is 14.7. The van der Waals surface area contributed by atoms with Crippen LogP contribution in [0.2, 0.25) is 0 Å². The van der Waals surface area contributed by atoms with Crippen molar-refractivity contribution in [3.63, 3.8) is 0 Å². The summed E-state index contributed by atoms with van der Waals surface area (Å²) in [6.45, 7) is 6.99. The molecule has 0 spiro atoms. The lowest BCUT2D eigenvalue weighted by Crippen LogP contribution is -2.27. The normalized spacial score (nSPS) is 32.5. The van der Waals surface area contributed by atoms with Crippen molar-refractivity contribution >= 4 is 0 Å². The van der Waals surface area contributed by atoms with Gasteiger partial charge in [-0.1, -0.05) is 46.1 Å². The Morgan fingerprint density at radius 2 is 1.54 bits per heavy atom. The molecule has 0 saturated heterocycles. The lowest BCUT2D eigenvalue weighted by molar-refractivity contribution is 0.138. The maximum Gasteiger partial charge on any atom is 0.0434 e. The fourth-order valence-corrected chi connectivity index (χ4v) is 5.34. The van der Waals surface area contributed by atoms with Crippen LogP contribution in [0.4, 0.5) is 0 Å². The molecule has 24 heavy (non-hydrogen) atoms. The molecule has 0 bridgehead atoms. The van der Waals surface area contributed by atoms with E-state index in [0.717, 1.165) is 30.1 Å². The molecule has 2 aliphatic carbocycles. The van der Waals surface area contributed by atoms with E-state index in [2.05, 4.69) is 39.1 Å². The average Bonchev–Trinajstić information content (AvgIpc) is 2.68.